The van der Waals surface area contributed by atoms with E-state index in [0.717, 1.165) is 18.7 Å². The highest BCUT2D eigenvalue weighted by Gasteiger charge is 2.38. The average molecular weight is 369 g/mol. The first-order valence-electron chi connectivity index (χ1n) is 7.97. The van der Waals surface area contributed by atoms with Gasteiger partial charge >= 0.3 is 8.56 Å². The maximum atomic E-state index is 9.19. The van der Waals surface area contributed by atoms with Crippen molar-refractivity contribution in [1.29, 1.82) is 0 Å². The summed E-state index contributed by atoms with van der Waals surface area (Å²) in [5, 5.41) is 9.19. The van der Waals surface area contributed by atoms with Crippen LogP contribution in [0.15, 0.2) is 0 Å². The molecule has 3 atom stereocenters. The average Bonchev–Trinajstić information content (AvgIpc) is 3.23. The molecule has 0 radical (unpaired) electrons. The highest BCUT2D eigenvalue weighted by molar-refractivity contribution is 6.82. The molecule has 0 aliphatic carbocycles. The summed E-state index contributed by atoms with van der Waals surface area (Å²) in [6.45, 7) is 11.3. The Morgan fingerprint density at radius 1 is 1.17 bits per heavy atom. The molecule has 1 heterocycles. The van der Waals surface area contributed by atoms with Crippen LogP contribution in [0.5, 0.6) is 0 Å². The zero-order valence-corrected chi connectivity index (χ0v) is 16.6. The molecule has 1 N–H and O–H groups in total. The van der Waals surface area contributed by atoms with Crippen molar-refractivity contribution in [2.45, 2.75) is 58.3 Å². The lowest BCUT2D eigenvalue weighted by Crippen LogP contribution is -2.49. The predicted molar refractivity (Wildman–Crippen MR) is 96.6 cm³/mol. The molecule has 0 aromatic heterocycles. The van der Waals surface area contributed by atoms with Gasteiger partial charge in [0.05, 0.1) is 25.9 Å². The van der Waals surface area contributed by atoms with E-state index in [9.17, 15) is 5.11 Å². The van der Waals surface area contributed by atoms with E-state index in [1.165, 1.54) is 0 Å². The second-order valence-electron chi connectivity index (χ2n) is 6.65. The van der Waals surface area contributed by atoms with Gasteiger partial charge < -0.3 is 27.9 Å². The van der Waals surface area contributed by atoms with Gasteiger partial charge in [0.1, 0.15) is 6.10 Å². The van der Waals surface area contributed by atoms with Crippen LogP contribution in [-0.2, 0) is 22.8 Å². The van der Waals surface area contributed by atoms with Crippen molar-refractivity contribution in [3.8, 4) is 0 Å². The SMILES string of the molecule is C.CO[Si](C)(CCOCC1CO1)O[Si](C)(C)CCOCC(C)O. The first-order chi connectivity index (χ1) is 10.3. The second kappa shape index (κ2) is 10.9. The monoisotopic (exact) mass is 368 g/mol. The van der Waals surface area contributed by atoms with Crippen LogP contribution in [0.4, 0.5) is 0 Å². The van der Waals surface area contributed by atoms with E-state index in [2.05, 4.69) is 19.6 Å². The van der Waals surface area contributed by atoms with Gasteiger partial charge in [0.25, 0.3) is 0 Å². The van der Waals surface area contributed by atoms with Crippen molar-refractivity contribution < 1.29 is 27.9 Å². The largest absolute Gasteiger partial charge is 0.436 e. The van der Waals surface area contributed by atoms with Crippen LogP contribution in [0, 0.1) is 0 Å². The van der Waals surface area contributed by atoms with E-state index in [1.54, 1.807) is 14.0 Å². The summed E-state index contributed by atoms with van der Waals surface area (Å²) < 4.78 is 28.3. The van der Waals surface area contributed by atoms with E-state index >= 15 is 0 Å². The van der Waals surface area contributed by atoms with Crippen molar-refractivity contribution >= 4 is 16.9 Å². The Hall–Kier alpha value is 0.194. The van der Waals surface area contributed by atoms with E-state index in [1.807, 2.05) is 0 Å². The standard InChI is InChI=1S/C14H32O6Si2.CH4/c1-13(15)10-17-6-8-21(3,4)20-22(5,16-2)9-7-18-11-14-12-19-14;/h13-15H,6-12H2,1-5H3;1H4. The molecule has 1 saturated heterocycles. The topological polar surface area (TPSA) is 69.7 Å². The number of hydrogen-bond donors (Lipinski definition) is 1. The van der Waals surface area contributed by atoms with E-state index in [0.29, 0.717) is 32.5 Å². The molecule has 0 aromatic carbocycles. The third-order valence-corrected chi connectivity index (χ3v) is 10.9. The van der Waals surface area contributed by atoms with Crippen LogP contribution in [0.25, 0.3) is 0 Å². The van der Waals surface area contributed by atoms with Crippen LogP contribution in [0.1, 0.15) is 14.4 Å². The molecule has 23 heavy (non-hydrogen) atoms. The molecular weight excluding hydrogens is 332 g/mol. The normalized spacial score (nSPS) is 21.4. The van der Waals surface area contributed by atoms with Gasteiger partial charge in [-0.25, -0.2) is 0 Å². The number of rotatable bonds is 13. The fourth-order valence-corrected chi connectivity index (χ4v) is 9.22. The van der Waals surface area contributed by atoms with Crippen molar-refractivity contribution in [3.05, 3.63) is 0 Å². The van der Waals surface area contributed by atoms with E-state index < -0.39 is 23.0 Å². The van der Waals surface area contributed by atoms with Crippen LogP contribution < -0.4 is 0 Å². The fraction of sp³-hybridized carbons (Fsp3) is 1.00. The third kappa shape index (κ3) is 11.4. The molecule has 0 spiro atoms. The smallest absolute Gasteiger partial charge is 0.326 e. The van der Waals surface area contributed by atoms with Gasteiger partial charge in [-0.3, -0.25) is 0 Å². The minimum Gasteiger partial charge on any atom is -0.436 e. The van der Waals surface area contributed by atoms with E-state index in [-0.39, 0.29) is 7.43 Å². The van der Waals surface area contributed by atoms with Crippen molar-refractivity contribution in [1.82, 2.24) is 0 Å². The van der Waals surface area contributed by atoms with Gasteiger partial charge in [-0.15, -0.1) is 0 Å². The molecule has 3 unspecified atom stereocenters. The Labute approximate surface area is 143 Å². The zero-order valence-electron chi connectivity index (χ0n) is 14.6. The first-order valence-corrected chi connectivity index (χ1v) is 13.6. The molecule has 6 nitrogen and oxygen atoms in total. The molecule has 0 saturated carbocycles. The summed E-state index contributed by atoms with van der Waals surface area (Å²) in [5.74, 6) is 0. The maximum absolute atomic E-state index is 9.19. The van der Waals surface area contributed by atoms with Crippen molar-refractivity contribution in [2.75, 3.05) is 40.1 Å². The molecular formula is C15H36O6Si2. The van der Waals surface area contributed by atoms with Crippen LogP contribution in [-0.4, -0.2) is 74.3 Å². The molecule has 140 valence electrons. The van der Waals surface area contributed by atoms with Crippen molar-refractivity contribution in [2.24, 2.45) is 0 Å². The Morgan fingerprint density at radius 2 is 1.78 bits per heavy atom. The molecule has 0 bridgehead atoms. The second-order valence-corrected chi connectivity index (χ2v) is 14.7. The first kappa shape index (κ1) is 23.2. The molecule has 0 aromatic rings. The summed E-state index contributed by atoms with van der Waals surface area (Å²) in [6.07, 6.45) is -0.120. The molecule has 1 aliphatic heterocycles. The van der Waals surface area contributed by atoms with Crippen LogP contribution in [0.2, 0.25) is 31.7 Å². The highest BCUT2D eigenvalue weighted by atomic mass is 28.4. The number of aliphatic hydroxyl groups is 1. The lowest BCUT2D eigenvalue weighted by atomic mass is 10.4. The third-order valence-electron chi connectivity index (χ3n) is 3.54. The summed E-state index contributed by atoms with van der Waals surface area (Å²) in [7, 11) is -2.33. The number of hydrogen-bond acceptors (Lipinski definition) is 6. The number of aliphatic hydroxyl groups excluding tert-OH is 1. The lowest BCUT2D eigenvalue weighted by molar-refractivity contribution is 0.0515. The van der Waals surface area contributed by atoms with Gasteiger partial charge in [-0.1, -0.05) is 7.43 Å². The molecule has 1 fully saturated rings. The van der Waals surface area contributed by atoms with Gasteiger partial charge in [0.2, 0.25) is 0 Å². The maximum Gasteiger partial charge on any atom is 0.326 e. The van der Waals surface area contributed by atoms with Gasteiger partial charge in [-0.05, 0) is 32.6 Å². The minimum atomic E-state index is -2.20. The molecule has 1 aliphatic rings. The van der Waals surface area contributed by atoms with Crippen molar-refractivity contribution in [3.63, 3.8) is 0 Å². The highest BCUT2D eigenvalue weighted by Crippen LogP contribution is 2.22. The Morgan fingerprint density at radius 3 is 2.30 bits per heavy atom. The summed E-state index contributed by atoms with van der Waals surface area (Å²) in [5.41, 5.74) is 0. The fourth-order valence-electron chi connectivity index (χ4n) is 2.04. The van der Waals surface area contributed by atoms with Crippen LogP contribution in [0.3, 0.4) is 0 Å². The lowest BCUT2D eigenvalue weighted by Gasteiger charge is -2.34. The Kier molecular flexibility index (Phi) is 11.0. The van der Waals surface area contributed by atoms with Gasteiger partial charge in [0, 0.05) is 26.4 Å². The van der Waals surface area contributed by atoms with E-state index in [4.69, 9.17) is 22.8 Å². The van der Waals surface area contributed by atoms with Gasteiger partial charge in [-0.2, -0.15) is 0 Å². The van der Waals surface area contributed by atoms with Gasteiger partial charge in [0.15, 0.2) is 8.32 Å². The minimum absolute atomic E-state index is 0. The molecule has 1 rings (SSSR count). The predicted octanol–water partition coefficient (Wildman–Crippen LogP) is 2.38. The quantitative estimate of drug-likeness (QED) is 0.306. The summed E-state index contributed by atoms with van der Waals surface area (Å²) in [6, 6.07) is 1.71. The summed E-state index contributed by atoms with van der Waals surface area (Å²) >= 11 is 0. The molecule has 8 heteroatoms. The Bertz CT molecular complexity index is 312. The number of epoxide rings is 1. The summed E-state index contributed by atoms with van der Waals surface area (Å²) in [4.78, 5) is 0. The zero-order chi connectivity index (χ0) is 16.6. The number of ether oxygens (including phenoxy) is 3. The Balaban J connectivity index is 0.00000484. The van der Waals surface area contributed by atoms with Crippen LogP contribution >= 0.6 is 0 Å². The molecule has 0 amide bonds.